The van der Waals surface area contributed by atoms with Gasteiger partial charge in [-0.1, -0.05) is 157 Å². The quantitative estimate of drug-likeness (QED) is 0.0521. The van der Waals surface area contributed by atoms with E-state index in [-0.39, 0.29) is 55.9 Å². The Morgan fingerprint density at radius 2 is 0.681 bits per heavy atom. The van der Waals surface area contributed by atoms with Gasteiger partial charge < -0.3 is 27.6 Å². The first-order chi connectivity index (χ1) is 31.7. The van der Waals surface area contributed by atoms with Crippen LogP contribution in [0.4, 0.5) is 0 Å². The van der Waals surface area contributed by atoms with E-state index in [1.165, 1.54) is 0 Å². The molecule has 4 aromatic carbocycles. The van der Waals surface area contributed by atoms with Crippen LogP contribution in [0.15, 0.2) is 72.8 Å². The molecule has 0 aliphatic heterocycles. The second kappa shape index (κ2) is 24.4. The van der Waals surface area contributed by atoms with Crippen molar-refractivity contribution in [3.05, 3.63) is 117 Å². The molecule has 8 nitrogen and oxygen atoms in total. The zero-order valence-corrected chi connectivity index (χ0v) is 50.5. The largest absolute Gasteiger partial charge is 0.462 e. The van der Waals surface area contributed by atoms with Gasteiger partial charge in [-0.3, -0.25) is 9.59 Å². The van der Waals surface area contributed by atoms with Gasteiger partial charge in [-0.05, 0) is 136 Å². The predicted molar refractivity (Wildman–Crippen MR) is 297 cm³/mol. The van der Waals surface area contributed by atoms with Gasteiger partial charge in [0, 0.05) is 33.1 Å². The first-order valence-electron chi connectivity index (χ1n) is 22.0. The summed E-state index contributed by atoms with van der Waals surface area (Å²) in [7, 11) is -0.275. The fraction of sp³-hybridized carbons (Fsp3) is 0.480. The van der Waals surface area contributed by atoms with Crippen molar-refractivity contribution in [2.45, 2.75) is 142 Å². The van der Waals surface area contributed by atoms with Crippen molar-refractivity contribution in [1.82, 2.24) is 0 Å². The van der Waals surface area contributed by atoms with E-state index >= 15 is 0 Å². The molecule has 2 unspecified atom stereocenters. The van der Waals surface area contributed by atoms with E-state index in [1.54, 1.807) is 0 Å². The van der Waals surface area contributed by atoms with Crippen molar-refractivity contribution >= 4 is 119 Å². The summed E-state index contributed by atoms with van der Waals surface area (Å²) in [5.41, 5.74) is 3.47. The highest BCUT2D eigenvalue weighted by Gasteiger charge is 2.38. The molecule has 19 heteroatoms. The molecule has 4 aromatic rings. The van der Waals surface area contributed by atoms with E-state index in [4.69, 9.17) is 106 Å². The van der Waals surface area contributed by atoms with Gasteiger partial charge in [-0.15, -0.1) is 0 Å². The molecule has 0 bridgehead atoms. The van der Waals surface area contributed by atoms with Crippen LogP contribution in [0.3, 0.4) is 0 Å². The van der Waals surface area contributed by atoms with E-state index in [0.29, 0.717) is 23.0 Å². The third kappa shape index (κ3) is 16.4. The number of benzene rings is 4. The Morgan fingerprint density at radius 1 is 0.435 bits per heavy atom. The smallest absolute Gasteiger partial charge is 0.307 e. The topological polar surface area (TPSA) is 89.5 Å². The molecule has 0 aliphatic carbocycles. The van der Waals surface area contributed by atoms with Crippen LogP contribution in [0, 0.1) is 0 Å². The first-order valence-corrected chi connectivity index (χ1v) is 33.2. The first kappa shape index (κ1) is 60.3. The fourth-order valence-corrected chi connectivity index (χ4v) is 10.9. The normalized spacial score (nSPS) is 13.8. The summed E-state index contributed by atoms with van der Waals surface area (Å²) in [5.74, 6) is 1.31. The van der Waals surface area contributed by atoms with Crippen LogP contribution in [-0.4, -0.2) is 25.2 Å². The average Bonchev–Trinajstić information content (AvgIpc) is 3.20. The van der Waals surface area contributed by atoms with Gasteiger partial charge in [0.05, 0.1) is 12.8 Å². The minimum atomic E-state index is -1.75. The van der Waals surface area contributed by atoms with Gasteiger partial charge in [-0.2, -0.15) is 0 Å². The molecule has 0 aromatic heterocycles. The van der Waals surface area contributed by atoms with Gasteiger partial charge in [0.2, 0.25) is 0 Å². The number of carbonyl (C=O) groups excluding carboxylic acids is 2. The summed E-state index contributed by atoms with van der Waals surface area (Å²) in [6.07, 6.45) is -0.134. The molecule has 0 heterocycles. The molecule has 0 N–H and O–H groups in total. The van der Waals surface area contributed by atoms with E-state index < -0.39 is 43.3 Å². The lowest BCUT2D eigenvalue weighted by molar-refractivity contribution is -0.153. The molecule has 0 saturated carbocycles. The van der Waals surface area contributed by atoms with Gasteiger partial charge in [0.15, 0.2) is 8.16 Å². The summed E-state index contributed by atoms with van der Waals surface area (Å²) in [5, 5.41) is 0. The number of rotatable bonds is 19. The van der Waals surface area contributed by atoms with Crippen LogP contribution >= 0.6 is 107 Å². The van der Waals surface area contributed by atoms with Crippen molar-refractivity contribution in [3.63, 3.8) is 0 Å². The highest BCUT2D eigenvalue weighted by atomic mass is 35.9. The van der Waals surface area contributed by atoms with Crippen LogP contribution in [0.25, 0.3) is 0 Å². The summed E-state index contributed by atoms with van der Waals surface area (Å²) >= 11 is 43.0. The van der Waals surface area contributed by atoms with Crippen molar-refractivity contribution in [2.24, 2.45) is 0 Å². The minimum Gasteiger partial charge on any atom is -0.462 e. The Bertz CT molecular complexity index is 2360. The zero-order valence-electron chi connectivity index (χ0n) is 41.5. The Kier molecular flexibility index (Phi) is 21.3. The molecule has 0 amide bonds. The molecular formula is C50H63Cl7O8P4. The van der Waals surface area contributed by atoms with Crippen LogP contribution in [0.2, 0.25) is 0 Å². The Labute approximate surface area is 449 Å². The molecule has 0 saturated heterocycles. The number of hydrogen-bond donors (Lipinski definition) is 0. The maximum absolute atomic E-state index is 14.1. The van der Waals surface area contributed by atoms with E-state index in [1.807, 2.05) is 80.6 Å². The van der Waals surface area contributed by atoms with Crippen molar-refractivity contribution in [1.29, 1.82) is 0 Å². The third-order valence-electron chi connectivity index (χ3n) is 12.0. The van der Waals surface area contributed by atoms with Crippen molar-refractivity contribution in [3.8, 4) is 23.0 Å². The van der Waals surface area contributed by atoms with Gasteiger partial charge in [0.1, 0.15) is 36.2 Å². The SMILES string of the molecule is CC(C)(C)c1cc(C(C)(CC(=O)OCCOC(=O)CC(C)(c2ccc(OP(Cl)Cl)c(C(C)(C)C)c2)c2ccc(OP(Cl)Cl)c(C(C)(C)C)c2)c2ccc(OP(Cl)Cl)c(C(C)(C)C)c2)ccc1OPCl. The Morgan fingerprint density at radius 3 is 0.913 bits per heavy atom. The second-order valence-corrected chi connectivity index (χ2v) is 31.0. The summed E-state index contributed by atoms with van der Waals surface area (Å²) in [6.45, 7) is 23.2. The maximum atomic E-state index is 14.1. The lowest BCUT2D eigenvalue weighted by atomic mass is 9.70. The highest BCUT2D eigenvalue weighted by molar-refractivity contribution is 8.01. The fourth-order valence-electron chi connectivity index (χ4n) is 8.16. The second-order valence-electron chi connectivity index (χ2n) is 21.4. The summed E-state index contributed by atoms with van der Waals surface area (Å²) in [4.78, 5) is 28.2. The van der Waals surface area contributed by atoms with E-state index in [0.717, 1.165) is 44.5 Å². The lowest BCUT2D eigenvalue weighted by Crippen LogP contribution is -2.31. The van der Waals surface area contributed by atoms with Crippen LogP contribution in [0.1, 0.15) is 154 Å². The zero-order chi connectivity index (χ0) is 52.1. The van der Waals surface area contributed by atoms with Crippen LogP contribution < -0.4 is 18.1 Å². The lowest BCUT2D eigenvalue weighted by Gasteiger charge is -2.34. The average molecular weight is 1160 g/mol. The van der Waals surface area contributed by atoms with E-state index in [2.05, 4.69) is 89.2 Å². The Balaban J connectivity index is 1.69. The van der Waals surface area contributed by atoms with Crippen molar-refractivity contribution < 1.29 is 37.2 Å². The molecule has 0 radical (unpaired) electrons. The Hall–Kier alpha value is -1.23. The number of carbonyl (C=O) groups is 2. The van der Waals surface area contributed by atoms with E-state index in [9.17, 15) is 9.59 Å². The van der Waals surface area contributed by atoms with Gasteiger partial charge in [-0.25, -0.2) is 0 Å². The third-order valence-corrected chi connectivity index (χ3v) is 14.7. The number of hydrogen-bond acceptors (Lipinski definition) is 8. The van der Waals surface area contributed by atoms with Gasteiger partial charge >= 0.3 is 11.9 Å². The molecule has 380 valence electrons. The summed E-state index contributed by atoms with van der Waals surface area (Å²) < 4.78 is 35.2. The summed E-state index contributed by atoms with van der Waals surface area (Å²) in [6, 6.07) is 23.2. The highest BCUT2D eigenvalue weighted by Crippen LogP contribution is 2.54. The number of ether oxygens (including phenoxy) is 2. The maximum Gasteiger partial charge on any atom is 0.307 e. The predicted octanol–water partition coefficient (Wildman–Crippen LogP) is 19.4. The molecule has 69 heavy (non-hydrogen) atoms. The minimum absolute atomic E-state index is 0.0576. The molecule has 0 spiro atoms. The number of halogens is 7. The molecule has 2 atom stereocenters. The monoisotopic (exact) mass is 1160 g/mol. The molecule has 0 aliphatic rings. The molecule has 0 fully saturated rings. The number of esters is 2. The standard InChI is InChI=1S/C50H63Cl7O8P4/c1-45(2,3)35-25-31(15-19-39(35)62-66-51)49(13,32-16-20-40(63-67(52)53)36(26-32)46(4,5)6)29-43(58)60-23-24-61-44(59)30-50(14,33-17-21-41(64-68(54)55)37(27-33)47(7,8)9)34-18-22-42(65-69(56)57)38(28-34)48(10,11)12/h15-22,25-28,66H,23-24,29-30H2,1-14H3. The van der Waals surface area contributed by atoms with Crippen molar-refractivity contribution in [2.75, 3.05) is 13.2 Å². The molecule has 4 rings (SSSR count). The van der Waals surface area contributed by atoms with Gasteiger partial charge in [0.25, 0.3) is 20.6 Å². The van der Waals surface area contributed by atoms with Crippen LogP contribution in [-0.2, 0) is 51.6 Å². The van der Waals surface area contributed by atoms with Crippen LogP contribution in [0.5, 0.6) is 23.0 Å². The molecular weight excluding hydrogens is 1100 g/mol.